The van der Waals surface area contributed by atoms with Crippen LogP contribution in [0, 0.1) is 5.92 Å². The van der Waals surface area contributed by atoms with Gasteiger partial charge in [0.2, 0.25) is 11.8 Å². The van der Waals surface area contributed by atoms with Gasteiger partial charge in [-0.3, -0.25) is 9.59 Å². The summed E-state index contributed by atoms with van der Waals surface area (Å²) in [5.74, 6) is 0.0213. The van der Waals surface area contributed by atoms with E-state index in [0.717, 1.165) is 16.5 Å². The Hall–Kier alpha value is -2.30. The van der Waals surface area contributed by atoms with E-state index in [4.69, 9.17) is 0 Å². The van der Waals surface area contributed by atoms with Crippen LogP contribution in [0.1, 0.15) is 39.7 Å². The molecule has 130 valence electrons. The molecule has 0 aliphatic rings. The lowest BCUT2D eigenvalue weighted by molar-refractivity contribution is -0.129. The van der Waals surface area contributed by atoms with Crippen LogP contribution in [0.15, 0.2) is 30.5 Å². The zero-order valence-electron chi connectivity index (χ0n) is 14.8. The fourth-order valence-electron chi connectivity index (χ4n) is 2.74. The number of para-hydroxylation sites is 1. The quantitative estimate of drug-likeness (QED) is 0.731. The molecular weight excluding hydrogens is 302 g/mol. The number of hydrogen-bond acceptors (Lipinski definition) is 2. The molecule has 0 spiro atoms. The average Bonchev–Trinajstić information content (AvgIpc) is 2.88. The summed E-state index contributed by atoms with van der Waals surface area (Å²) < 4.78 is 0. The highest BCUT2D eigenvalue weighted by atomic mass is 16.2. The molecule has 5 nitrogen and oxygen atoms in total. The SMILES string of the molecule is CC(C)CC(=O)N[C@H](Cc1c[nH]c2ccccc12)C(=O)NC(C)C. The third-order valence-corrected chi connectivity index (χ3v) is 3.78. The Kier molecular flexibility index (Phi) is 6.01. The van der Waals surface area contributed by atoms with Crippen LogP contribution in [0.4, 0.5) is 0 Å². The number of hydrogen-bond donors (Lipinski definition) is 3. The average molecular weight is 329 g/mol. The lowest BCUT2D eigenvalue weighted by Crippen LogP contribution is -2.49. The normalized spacial score (nSPS) is 12.6. The zero-order valence-corrected chi connectivity index (χ0v) is 14.8. The summed E-state index contributed by atoms with van der Waals surface area (Å²) in [6, 6.07) is 7.42. The highest BCUT2D eigenvalue weighted by Gasteiger charge is 2.23. The van der Waals surface area contributed by atoms with Gasteiger partial charge < -0.3 is 15.6 Å². The van der Waals surface area contributed by atoms with E-state index in [1.54, 1.807) is 0 Å². The Morgan fingerprint density at radius 3 is 2.46 bits per heavy atom. The second-order valence-corrected chi connectivity index (χ2v) is 6.94. The standard InChI is InChI=1S/C19H27N3O2/c1-12(2)9-18(23)22-17(19(24)21-13(3)4)10-14-11-20-16-8-6-5-7-15(14)16/h5-8,11-13,17,20H,9-10H2,1-4H3,(H,21,24)(H,22,23)/t17-/m1/s1. The molecule has 0 aliphatic heterocycles. The molecule has 24 heavy (non-hydrogen) atoms. The number of benzene rings is 1. The molecule has 2 aromatic rings. The Morgan fingerprint density at radius 2 is 1.79 bits per heavy atom. The molecule has 0 saturated heterocycles. The predicted octanol–water partition coefficient (Wildman–Crippen LogP) is 2.77. The summed E-state index contributed by atoms with van der Waals surface area (Å²) in [5, 5.41) is 6.87. The number of carbonyl (C=O) groups is 2. The number of aromatic nitrogens is 1. The Labute approximate surface area is 143 Å². The number of carbonyl (C=O) groups excluding carboxylic acids is 2. The van der Waals surface area contributed by atoms with Gasteiger partial charge in [0.15, 0.2) is 0 Å². The maximum absolute atomic E-state index is 12.5. The first kappa shape index (κ1) is 18.0. The monoisotopic (exact) mass is 329 g/mol. The topological polar surface area (TPSA) is 74.0 Å². The lowest BCUT2D eigenvalue weighted by Gasteiger charge is -2.20. The number of nitrogens with one attached hydrogen (secondary N) is 3. The molecule has 0 fully saturated rings. The summed E-state index contributed by atoms with van der Waals surface area (Å²) in [7, 11) is 0. The van der Waals surface area contributed by atoms with Crippen molar-refractivity contribution in [1.29, 1.82) is 0 Å². The molecule has 5 heteroatoms. The molecule has 1 aromatic heterocycles. The number of aromatic amines is 1. The molecule has 2 rings (SSSR count). The summed E-state index contributed by atoms with van der Waals surface area (Å²) in [5.41, 5.74) is 2.06. The third-order valence-electron chi connectivity index (χ3n) is 3.78. The summed E-state index contributed by atoms with van der Waals surface area (Å²) in [6.45, 7) is 7.80. The zero-order chi connectivity index (χ0) is 17.7. The number of fused-ring (bicyclic) bond motifs is 1. The maximum atomic E-state index is 12.5. The van der Waals surface area contributed by atoms with E-state index in [0.29, 0.717) is 12.8 Å². The number of rotatable bonds is 7. The minimum atomic E-state index is -0.571. The largest absolute Gasteiger partial charge is 0.361 e. The van der Waals surface area contributed by atoms with Crippen molar-refractivity contribution in [1.82, 2.24) is 15.6 Å². The van der Waals surface area contributed by atoms with Crippen molar-refractivity contribution < 1.29 is 9.59 Å². The van der Waals surface area contributed by atoms with Crippen LogP contribution in [0.2, 0.25) is 0 Å². The van der Waals surface area contributed by atoms with E-state index in [2.05, 4.69) is 15.6 Å². The minimum Gasteiger partial charge on any atom is -0.361 e. The maximum Gasteiger partial charge on any atom is 0.243 e. The fraction of sp³-hybridized carbons (Fsp3) is 0.474. The van der Waals surface area contributed by atoms with Crippen LogP contribution in [-0.2, 0) is 16.0 Å². The van der Waals surface area contributed by atoms with Crippen LogP contribution >= 0.6 is 0 Å². The molecule has 0 saturated carbocycles. The first-order valence-electron chi connectivity index (χ1n) is 8.51. The first-order chi connectivity index (χ1) is 11.4. The Bertz CT molecular complexity index is 703. The molecule has 1 atom stereocenters. The summed E-state index contributed by atoms with van der Waals surface area (Å²) in [6.07, 6.45) is 2.79. The van der Waals surface area contributed by atoms with Crippen LogP contribution in [0.25, 0.3) is 10.9 Å². The van der Waals surface area contributed by atoms with Crippen LogP contribution in [-0.4, -0.2) is 28.9 Å². The Balaban J connectivity index is 2.18. The number of amides is 2. The third kappa shape index (κ3) is 4.85. The molecular formula is C19H27N3O2. The molecule has 1 aromatic carbocycles. The lowest BCUT2D eigenvalue weighted by atomic mass is 10.0. The van der Waals surface area contributed by atoms with E-state index >= 15 is 0 Å². The van der Waals surface area contributed by atoms with Gasteiger partial charge >= 0.3 is 0 Å². The van der Waals surface area contributed by atoms with Crippen molar-refractivity contribution in [3.63, 3.8) is 0 Å². The second-order valence-electron chi connectivity index (χ2n) is 6.94. The van der Waals surface area contributed by atoms with E-state index in [1.807, 2.05) is 58.2 Å². The van der Waals surface area contributed by atoms with Gasteiger partial charge in [0, 0.05) is 36.0 Å². The minimum absolute atomic E-state index is 0.0324. The molecule has 0 bridgehead atoms. The van der Waals surface area contributed by atoms with Crippen molar-refractivity contribution in [2.24, 2.45) is 5.92 Å². The molecule has 2 amide bonds. The second kappa shape index (κ2) is 7.99. The summed E-state index contributed by atoms with van der Waals surface area (Å²) >= 11 is 0. The van der Waals surface area contributed by atoms with Crippen molar-refractivity contribution in [2.45, 2.75) is 52.6 Å². The van der Waals surface area contributed by atoms with Gasteiger partial charge in [0.05, 0.1) is 0 Å². The van der Waals surface area contributed by atoms with Gasteiger partial charge in [-0.15, -0.1) is 0 Å². The van der Waals surface area contributed by atoms with Crippen LogP contribution in [0.5, 0.6) is 0 Å². The van der Waals surface area contributed by atoms with Gasteiger partial charge in [-0.25, -0.2) is 0 Å². The van der Waals surface area contributed by atoms with Gasteiger partial charge in [-0.05, 0) is 31.4 Å². The fourth-order valence-corrected chi connectivity index (χ4v) is 2.74. The Morgan fingerprint density at radius 1 is 1.08 bits per heavy atom. The highest BCUT2D eigenvalue weighted by Crippen LogP contribution is 2.19. The van der Waals surface area contributed by atoms with Crippen molar-refractivity contribution >= 4 is 22.7 Å². The van der Waals surface area contributed by atoms with E-state index < -0.39 is 6.04 Å². The van der Waals surface area contributed by atoms with Crippen molar-refractivity contribution in [3.05, 3.63) is 36.0 Å². The van der Waals surface area contributed by atoms with Crippen molar-refractivity contribution in [3.8, 4) is 0 Å². The van der Waals surface area contributed by atoms with E-state index in [1.165, 1.54) is 0 Å². The highest BCUT2D eigenvalue weighted by molar-refractivity contribution is 5.89. The van der Waals surface area contributed by atoms with Crippen LogP contribution in [0.3, 0.4) is 0 Å². The molecule has 0 unspecified atom stereocenters. The molecule has 0 aliphatic carbocycles. The van der Waals surface area contributed by atoms with Gasteiger partial charge in [-0.1, -0.05) is 32.0 Å². The van der Waals surface area contributed by atoms with E-state index in [9.17, 15) is 9.59 Å². The summed E-state index contributed by atoms with van der Waals surface area (Å²) in [4.78, 5) is 27.9. The first-order valence-corrected chi connectivity index (χ1v) is 8.51. The molecule has 0 radical (unpaired) electrons. The predicted molar refractivity (Wildman–Crippen MR) is 96.7 cm³/mol. The van der Waals surface area contributed by atoms with Gasteiger partial charge in [-0.2, -0.15) is 0 Å². The van der Waals surface area contributed by atoms with E-state index in [-0.39, 0.29) is 23.8 Å². The molecule has 1 heterocycles. The van der Waals surface area contributed by atoms with Crippen LogP contribution < -0.4 is 10.6 Å². The smallest absolute Gasteiger partial charge is 0.243 e. The van der Waals surface area contributed by atoms with Crippen molar-refractivity contribution in [2.75, 3.05) is 0 Å². The molecule has 3 N–H and O–H groups in total. The van der Waals surface area contributed by atoms with Gasteiger partial charge in [0.1, 0.15) is 6.04 Å². The number of H-pyrrole nitrogens is 1. The van der Waals surface area contributed by atoms with Gasteiger partial charge in [0.25, 0.3) is 0 Å².